The van der Waals surface area contributed by atoms with Crippen LogP contribution in [0.1, 0.15) is 76.8 Å². The standard InChI is InChI=1S/C26H35N3O/c1-3-11-19-12-8-6-4-5-7-9-13-20-16-21(19)23(28-20)17-25-26(30-2)18-24(29-25)22-14-10-15-27-22/h10,14-19,27,29H,3-9,11-13H2,1-2H3. The van der Waals surface area contributed by atoms with Crippen molar-refractivity contribution in [2.45, 2.75) is 71.1 Å². The van der Waals surface area contributed by atoms with Crippen molar-refractivity contribution in [1.29, 1.82) is 0 Å². The van der Waals surface area contributed by atoms with Crippen LogP contribution in [0.3, 0.4) is 0 Å². The first-order chi connectivity index (χ1) is 14.8. The van der Waals surface area contributed by atoms with E-state index in [2.05, 4.69) is 41.2 Å². The van der Waals surface area contributed by atoms with E-state index in [9.17, 15) is 0 Å². The van der Waals surface area contributed by atoms with Crippen LogP contribution < -0.4 is 4.74 Å². The van der Waals surface area contributed by atoms with E-state index in [-0.39, 0.29) is 0 Å². The SMILES string of the molecule is CCCC1CCCCCCCCC2=NC(=Cc3[nH]c(-c4ccc[nH]4)cc3OC)C1=C2. The summed E-state index contributed by atoms with van der Waals surface area (Å²) in [7, 11) is 1.74. The first-order valence-corrected chi connectivity index (χ1v) is 11.7. The maximum absolute atomic E-state index is 5.68. The third-order valence-electron chi connectivity index (χ3n) is 6.39. The fraction of sp³-hybridized carbons (Fsp3) is 0.500. The van der Waals surface area contributed by atoms with Crippen LogP contribution in [0.4, 0.5) is 0 Å². The molecule has 160 valence electrons. The van der Waals surface area contributed by atoms with Gasteiger partial charge in [0.25, 0.3) is 0 Å². The molecule has 0 spiro atoms. The first kappa shape index (κ1) is 20.8. The van der Waals surface area contributed by atoms with E-state index < -0.39 is 0 Å². The van der Waals surface area contributed by atoms with Gasteiger partial charge in [-0.2, -0.15) is 0 Å². The van der Waals surface area contributed by atoms with E-state index in [4.69, 9.17) is 9.73 Å². The van der Waals surface area contributed by atoms with Crippen LogP contribution in [0.2, 0.25) is 0 Å². The Balaban J connectivity index is 1.68. The van der Waals surface area contributed by atoms with Gasteiger partial charge >= 0.3 is 0 Å². The van der Waals surface area contributed by atoms with E-state index in [1.807, 2.05) is 12.3 Å². The molecule has 0 amide bonds. The Morgan fingerprint density at radius 1 is 1.13 bits per heavy atom. The van der Waals surface area contributed by atoms with Crippen molar-refractivity contribution < 1.29 is 4.74 Å². The van der Waals surface area contributed by atoms with Crippen molar-refractivity contribution in [3.8, 4) is 17.1 Å². The van der Waals surface area contributed by atoms with Gasteiger partial charge in [-0.25, -0.2) is 0 Å². The van der Waals surface area contributed by atoms with Crippen LogP contribution in [0.5, 0.6) is 5.75 Å². The van der Waals surface area contributed by atoms with Gasteiger partial charge in [-0.05, 0) is 61.5 Å². The fourth-order valence-electron chi connectivity index (χ4n) is 4.79. The number of fused-ring (bicyclic) bond motifs is 1. The number of ether oxygens (including phenoxy) is 1. The zero-order valence-electron chi connectivity index (χ0n) is 18.5. The molecule has 1 atom stereocenters. The normalized spacial score (nSPS) is 21.7. The smallest absolute Gasteiger partial charge is 0.144 e. The quantitative estimate of drug-likeness (QED) is 0.539. The highest BCUT2D eigenvalue weighted by molar-refractivity contribution is 6.00. The lowest BCUT2D eigenvalue weighted by molar-refractivity contribution is 0.414. The van der Waals surface area contributed by atoms with Crippen LogP contribution in [0.15, 0.2) is 46.7 Å². The summed E-state index contributed by atoms with van der Waals surface area (Å²) in [6, 6.07) is 6.14. The maximum Gasteiger partial charge on any atom is 0.144 e. The Bertz CT molecular complexity index is 914. The number of methoxy groups -OCH3 is 1. The van der Waals surface area contributed by atoms with Crippen LogP contribution in [0, 0.1) is 5.92 Å². The third-order valence-corrected chi connectivity index (χ3v) is 6.39. The largest absolute Gasteiger partial charge is 0.494 e. The van der Waals surface area contributed by atoms with Crippen LogP contribution in [-0.2, 0) is 0 Å². The number of hydrogen-bond acceptors (Lipinski definition) is 2. The summed E-state index contributed by atoms with van der Waals surface area (Å²) >= 11 is 0. The Morgan fingerprint density at radius 2 is 1.97 bits per heavy atom. The number of allylic oxidation sites excluding steroid dienone is 2. The minimum absolute atomic E-state index is 0.603. The molecular formula is C26H35N3O. The molecule has 2 aliphatic rings. The second-order valence-electron chi connectivity index (χ2n) is 8.63. The van der Waals surface area contributed by atoms with Gasteiger partial charge in [-0.3, -0.25) is 4.99 Å². The fourth-order valence-corrected chi connectivity index (χ4v) is 4.79. The molecule has 2 bridgehead atoms. The first-order valence-electron chi connectivity index (χ1n) is 11.7. The molecule has 2 aromatic heterocycles. The summed E-state index contributed by atoms with van der Waals surface area (Å²) in [5.41, 5.74) is 6.91. The molecule has 3 heterocycles. The lowest BCUT2D eigenvalue weighted by atomic mass is 9.86. The Labute approximate surface area is 180 Å². The van der Waals surface area contributed by atoms with Gasteiger partial charge in [0.2, 0.25) is 0 Å². The molecule has 2 N–H and O–H groups in total. The molecule has 4 rings (SSSR count). The predicted molar refractivity (Wildman–Crippen MR) is 126 cm³/mol. The van der Waals surface area contributed by atoms with Crippen molar-refractivity contribution >= 4 is 11.8 Å². The van der Waals surface area contributed by atoms with Crippen LogP contribution in [0.25, 0.3) is 17.5 Å². The van der Waals surface area contributed by atoms with Crippen molar-refractivity contribution in [3.63, 3.8) is 0 Å². The molecule has 1 unspecified atom stereocenters. The van der Waals surface area contributed by atoms with Crippen LogP contribution in [-0.4, -0.2) is 22.8 Å². The summed E-state index contributed by atoms with van der Waals surface area (Å²) in [4.78, 5) is 11.9. The average Bonchev–Trinajstić information content (AvgIpc) is 3.48. The molecule has 0 saturated carbocycles. The number of aromatic nitrogens is 2. The van der Waals surface area contributed by atoms with Gasteiger partial charge in [0.05, 0.1) is 29.9 Å². The molecule has 0 aromatic carbocycles. The van der Waals surface area contributed by atoms with Crippen molar-refractivity contribution in [1.82, 2.24) is 9.97 Å². The molecular weight excluding hydrogens is 370 g/mol. The van der Waals surface area contributed by atoms with Crippen molar-refractivity contribution in [2.75, 3.05) is 7.11 Å². The summed E-state index contributed by atoms with van der Waals surface area (Å²) in [5.74, 6) is 1.46. The molecule has 0 fully saturated rings. The average molecular weight is 406 g/mol. The molecule has 4 heteroatoms. The summed E-state index contributed by atoms with van der Waals surface area (Å²) in [5, 5.41) is 0. The van der Waals surface area contributed by atoms with Gasteiger partial charge in [0.15, 0.2) is 0 Å². The monoisotopic (exact) mass is 405 g/mol. The predicted octanol–water partition coefficient (Wildman–Crippen LogP) is 7.29. The number of hydrogen-bond donors (Lipinski definition) is 2. The number of nitrogens with zero attached hydrogens (tertiary/aromatic N) is 1. The molecule has 0 saturated heterocycles. The maximum atomic E-state index is 5.68. The van der Waals surface area contributed by atoms with Gasteiger partial charge in [0, 0.05) is 18.0 Å². The van der Waals surface area contributed by atoms with Crippen molar-refractivity contribution in [2.24, 2.45) is 10.9 Å². The topological polar surface area (TPSA) is 53.2 Å². The second-order valence-corrected chi connectivity index (χ2v) is 8.63. The summed E-state index contributed by atoms with van der Waals surface area (Å²) in [6.45, 7) is 2.30. The molecule has 1 aliphatic heterocycles. The lowest BCUT2D eigenvalue weighted by Gasteiger charge is -2.19. The highest BCUT2D eigenvalue weighted by Crippen LogP contribution is 2.37. The Morgan fingerprint density at radius 3 is 2.73 bits per heavy atom. The second kappa shape index (κ2) is 10.0. The zero-order valence-corrected chi connectivity index (χ0v) is 18.5. The number of nitrogens with one attached hydrogen (secondary N) is 2. The Kier molecular flexibility index (Phi) is 6.93. The number of rotatable bonds is 5. The van der Waals surface area contributed by atoms with E-state index >= 15 is 0 Å². The highest BCUT2D eigenvalue weighted by Gasteiger charge is 2.23. The molecule has 30 heavy (non-hydrogen) atoms. The lowest BCUT2D eigenvalue weighted by Crippen LogP contribution is -2.05. The van der Waals surface area contributed by atoms with Crippen molar-refractivity contribution in [3.05, 3.63) is 47.4 Å². The Hall–Kier alpha value is -2.49. The molecule has 1 aliphatic carbocycles. The third kappa shape index (κ3) is 4.80. The van der Waals surface area contributed by atoms with Crippen LogP contribution >= 0.6 is 0 Å². The summed E-state index contributed by atoms with van der Waals surface area (Å²) < 4.78 is 5.68. The van der Waals surface area contributed by atoms with E-state index in [1.54, 1.807) is 7.11 Å². The molecule has 0 radical (unpaired) electrons. The van der Waals surface area contributed by atoms with E-state index in [0.29, 0.717) is 5.92 Å². The van der Waals surface area contributed by atoms with E-state index in [0.717, 1.165) is 34.9 Å². The van der Waals surface area contributed by atoms with Gasteiger partial charge in [-0.1, -0.05) is 45.4 Å². The van der Waals surface area contributed by atoms with Gasteiger partial charge < -0.3 is 14.7 Å². The summed E-state index contributed by atoms with van der Waals surface area (Å²) in [6.07, 6.45) is 19.4. The zero-order chi connectivity index (χ0) is 20.8. The molecule has 4 nitrogen and oxygen atoms in total. The number of H-pyrrole nitrogens is 2. The highest BCUT2D eigenvalue weighted by atomic mass is 16.5. The van der Waals surface area contributed by atoms with Gasteiger partial charge in [0.1, 0.15) is 5.75 Å². The number of aromatic amines is 2. The minimum Gasteiger partial charge on any atom is -0.494 e. The number of aliphatic imine (C=N–C) groups is 1. The molecule has 2 aromatic rings. The van der Waals surface area contributed by atoms with Gasteiger partial charge in [-0.15, -0.1) is 0 Å². The minimum atomic E-state index is 0.603. The van der Waals surface area contributed by atoms with E-state index in [1.165, 1.54) is 69.1 Å².